The lowest BCUT2D eigenvalue weighted by atomic mass is 10.1. The summed E-state index contributed by atoms with van der Waals surface area (Å²) in [6, 6.07) is -0.610. The van der Waals surface area contributed by atoms with Gasteiger partial charge in [-0.3, -0.25) is 9.59 Å². The number of nitrogens with zero attached hydrogens (tertiary/aromatic N) is 1. The van der Waals surface area contributed by atoms with E-state index in [1.807, 2.05) is 21.1 Å². The molecule has 2 unspecified atom stereocenters. The first kappa shape index (κ1) is 44.1. The van der Waals surface area contributed by atoms with E-state index < -0.39 is 18.1 Å². The van der Waals surface area contributed by atoms with Crippen molar-refractivity contribution in [2.75, 3.05) is 41.0 Å². The fourth-order valence-corrected chi connectivity index (χ4v) is 5.42. The van der Waals surface area contributed by atoms with E-state index in [1.54, 1.807) is 0 Å². The van der Waals surface area contributed by atoms with E-state index in [-0.39, 0.29) is 36.2 Å². The highest BCUT2D eigenvalue weighted by Gasteiger charge is 2.31. The number of allylic oxidation sites excluding steroid dienone is 2. The average Bonchev–Trinajstić information content (AvgIpc) is 3.00. The molecule has 8 heteroatoms. The Balaban J connectivity index is 4.44. The van der Waals surface area contributed by atoms with Crippen molar-refractivity contribution in [1.29, 1.82) is 0 Å². The van der Waals surface area contributed by atoms with Gasteiger partial charge in [-0.25, -0.2) is 4.79 Å². The van der Waals surface area contributed by atoms with Gasteiger partial charge in [-0.05, 0) is 32.1 Å². The summed E-state index contributed by atoms with van der Waals surface area (Å²) in [6.45, 7) is 4.67. The summed E-state index contributed by atoms with van der Waals surface area (Å²) < 4.78 is 17.2. The van der Waals surface area contributed by atoms with Crippen LogP contribution in [0.5, 0.6) is 0 Å². The van der Waals surface area contributed by atoms with Gasteiger partial charge in [-0.2, -0.15) is 0 Å². The average molecular weight is 655 g/mol. The summed E-state index contributed by atoms with van der Waals surface area (Å²) in [5.41, 5.74) is 0. The zero-order valence-electron chi connectivity index (χ0n) is 30.5. The van der Waals surface area contributed by atoms with Gasteiger partial charge in [0, 0.05) is 19.3 Å². The number of unbranched alkanes of at least 4 members (excludes halogenated alkanes) is 17. The van der Waals surface area contributed by atoms with Gasteiger partial charge < -0.3 is 23.8 Å². The van der Waals surface area contributed by atoms with Crippen molar-refractivity contribution in [2.45, 2.75) is 174 Å². The molecule has 0 radical (unpaired) electrons. The van der Waals surface area contributed by atoms with Crippen molar-refractivity contribution in [2.24, 2.45) is 0 Å². The molecule has 0 fully saturated rings. The zero-order valence-corrected chi connectivity index (χ0v) is 30.5. The van der Waals surface area contributed by atoms with Crippen LogP contribution in [0.1, 0.15) is 162 Å². The van der Waals surface area contributed by atoms with Crippen molar-refractivity contribution < 1.29 is 38.2 Å². The molecule has 46 heavy (non-hydrogen) atoms. The lowest BCUT2D eigenvalue weighted by molar-refractivity contribution is -0.887. The molecule has 0 spiro atoms. The second-order valence-corrected chi connectivity index (χ2v) is 13.8. The summed E-state index contributed by atoms with van der Waals surface area (Å²) in [6.07, 6.45) is 28.2. The van der Waals surface area contributed by atoms with Gasteiger partial charge >= 0.3 is 17.9 Å². The predicted molar refractivity (Wildman–Crippen MR) is 188 cm³/mol. The highest BCUT2D eigenvalue weighted by Crippen LogP contribution is 2.14. The van der Waals surface area contributed by atoms with Crippen LogP contribution < -0.4 is 0 Å². The van der Waals surface area contributed by atoms with Crippen LogP contribution >= 0.6 is 0 Å². The number of carboxylic acid groups (broad SMARTS) is 1. The maximum Gasteiger partial charge on any atom is 0.362 e. The largest absolute Gasteiger partial charge is 0.477 e. The Hall–Kier alpha value is -1.93. The number of carbonyl (C=O) groups is 3. The second-order valence-electron chi connectivity index (χ2n) is 13.8. The minimum Gasteiger partial charge on any atom is -0.477 e. The van der Waals surface area contributed by atoms with Gasteiger partial charge in [0.15, 0.2) is 12.1 Å². The molecule has 0 aliphatic carbocycles. The highest BCUT2D eigenvalue weighted by atomic mass is 16.6. The summed E-state index contributed by atoms with van der Waals surface area (Å²) >= 11 is 0. The summed E-state index contributed by atoms with van der Waals surface area (Å²) in [5.74, 6) is -1.48. The van der Waals surface area contributed by atoms with Crippen LogP contribution in [0.2, 0.25) is 0 Å². The first-order valence-corrected chi connectivity index (χ1v) is 18.7. The molecule has 0 aliphatic heterocycles. The lowest BCUT2D eigenvalue weighted by Crippen LogP contribution is -2.50. The second kappa shape index (κ2) is 30.4. The van der Waals surface area contributed by atoms with Gasteiger partial charge in [0.25, 0.3) is 0 Å². The normalized spacial score (nSPS) is 13.2. The number of carbonyl (C=O) groups excluding carboxylic acids is 2. The Kier molecular flexibility index (Phi) is 29.1. The van der Waals surface area contributed by atoms with E-state index in [0.717, 1.165) is 51.4 Å². The zero-order chi connectivity index (χ0) is 34.3. The molecule has 2 atom stereocenters. The number of rotatable bonds is 33. The predicted octanol–water partition coefficient (Wildman–Crippen LogP) is 9.19. The van der Waals surface area contributed by atoms with Crippen LogP contribution in [-0.4, -0.2) is 80.6 Å². The maximum atomic E-state index is 12.6. The Morgan fingerprint density at radius 3 is 1.63 bits per heavy atom. The standard InChI is InChI=1S/C38H71NO7/c1-6-8-10-12-14-16-18-20-22-24-26-28-36(40)45-33-34(32-44-31-30-35(38(42)43)39(3,4)5)46-37(41)29-27-25-23-21-19-17-15-13-11-9-7-2/h13,15,34-35H,6-12,14,16-33H2,1-5H3/p+1/b15-13-. The van der Waals surface area contributed by atoms with E-state index in [1.165, 1.54) is 77.0 Å². The first-order chi connectivity index (χ1) is 22.1. The van der Waals surface area contributed by atoms with Crippen LogP contribution in [0.25, 0.3) is 0 Å². The molecule has 1 N–H and O–H groups in total. The number of esters is 2. The molecule has 0 aromatic carbocycles. The van der Waals surface area contributed by atoms with E-state index in [0.29, 0.717) is 19.3 Å². The smallest absolute Gasteiger partial charge is 0.362 e. The van der Waals surface area contributed by atoms with Crippen molar-refractivity contribution in [3.8, 4) is 0 Å². The van der Waals surface area contributed by atoms with Crippen LogP contribution in [0.15, 0.2) is 12.2 Å². The molecule has 0 rings (SSSR count). The van der Waals surface area contributed by atoms with Crippen LogP contribution in [0.4, 0.5) is 0 Å². The van der Waals surface area contributed by atoms with Crippen LogP contribution in [-0.2, 0) is 28.6 Å². The van der Waals surface area contributed by atoms with Crippen LogP contribution in [0, 0.1) is 0 Å². The third-order valence-electron chi connectivity index (χ3n) is 8.41. The summed E-state index contributed by atoms with van der Waals surface area (Å²) in [4.78, 5) is 36.7. The molecular weight excluding hydrogens is 582 g/mol. The molecule has 0 saturated carbocycles. The molecular formula is C38H72NO7+. The van der Waals surface area contributed by atoms with Crippen LogP contribution in [0.3, 0.4) is 0 Å². The molecule has 0 amide bonds. The quantitative estimate of drug-likeness (QED) is 0.0326. The minimum absolute atomic E-state index is 0.0495. The van der Waals surface area contributed by atoms with Gasteiger partial charge in [0.2, 0.25) is 0 Å². The van der Waals surface area contributed by atoms with Crippen molar-refractivity contribution >= 4 is 17.9 Å². The van der Waals surface area contributed by atoms with Gasteiger partial charge in [0.05, 0.1) is 34.4 Å². The Labute approximate surface area is 282 Å². The van der Waals surface area contributed by atoms with Crippen molar-refractivity contribution in [1.82, 2.24) is 0 Å². The SMILES string of the molecule is CCCC/C=C\CCCCCCCC(=O)OC(COCCC(C(=O)O)[N+](C)(C)C)COC(=O)CCCCCCCCCCCCC. The lowest BCUT2D eigenvalue weighted by Gasteiger charge is -2.31. The number of hydrogen-bond donors (Lipinski definition) is 1. The molecule has 0 aromatic rings. The maximum absolute atomic E-state index is 12.6. The first-order valence-electron chi connectivity index (χ1n) is 18.7. The fourth-order valence-electron chi connectivity index (χ4n) is 5.42. The van der Waals surface area contributed by atoms with E-state index >= 15 is 0 Å². The number of ether oxygens (including phenoxy) is 3. The molecule has 0 saturated heterocycles. The molecule has 0 aromatic heterocycles. The van der Waals surface area contributed by atoms with Crippen molar-refractivity contribution in [3.05, 3.63) is 12.2 Å². The summed E-state index contributed by atoms with van der Waals surface area (Å²) in [5, 5.41) is 9.56. The minimum atomic E-state index is -0.876. The summed E-state index contributed by atoms with van der Waals surface area (Å²) in [7, 11) is 5.51. The number of aliphatic carboxylic acids is 1. The monoisotopic (exact) mass is 655 g/mol. The molecule has 0 bridgehead atoms. The molecule has 0 aliphatic rings. The molecule has 8 nitrogen and oxygen atoms in total. The fraction of sp³-hybridized carbons (Fsp3) is 0.868. The topological polar surface area (TPSA) is 99.1 Å². The van der Waals surface area contributed by atoms with Gasteiger partial charge in [0.1, 0.15) is 6.61 Å². The van der Waals surface area contributed by atoms with E-state index in [4.69, 9.17) is 14.2 Å². The van der Waals surface area contributed by atoms with Gasteiger partial charge in [-0.15, -0.1) is 0 Å². The Bertz CT molecular complexity index is 778. The van der Waals surface area contributed by atoms with Gasteiger partial charge in [-0.1, -0.05) is 122 Å². The van der Waals surface area contributed by atoms with E-state index in [9.17, 15) is 19.5 Å². The molecule has 270 valence electrons. The Morgan fingerprint density at radius 2 is 1.11 bits per heavy atom. The Morgan fingerprint density at radius 1 is 0.630 bits per heavy atom. The molecule has 0 heterocycles. The number of hydrogen-bond acceptors (Lipinski definition) is 6. The number of carboxylic acids is 1. The third-order valence-corrected chi connectivity index (χ3v) is 8.41. The number of quaternary nitrogens is 1. The number of likely N-dealkylation sites (N-methyl/N-ethyl adjacent to an activating group) is 1. The van der Waals surface area contributed by atoms with Crippen molar-refractivity contribution in [3.63, 3.8) is 0 Å². The van der Waals surface area contributed by atoms with E-state index in [2.05, 4.69) is 26.0 Å². The third kappa shape index (κ3) is 28.3. The highest BCUT2D eigenvalue weighted by molar-refractivity contribution is 5.72.